The van der Waals surface area contributed by atoms with E-state index in [1.54, 1.807) is 24.3 Å². The van der Waals surface area contributed by atoms with Gasteiger partial charge in [0.05, 0.1) is 6.04 Å². The van der Waals surface area contributed by atoms with Crippen LogP contribution in [0.2, 0.25) is 5.02 Å². The van der Waals surface area contributed by atoms with E-state index in [1.807, 2.05) is 49.3 Å². The van der Waals surface area contributed by atoms with Gasteiger partial charge in [-0.05, 0) is 44.4 Å². The lowest BCUT2D eigenvalue weighted by molar-refractivity contribution is 0.0939. The SMILES string of the molecule is CN(C)C(CNC(=O)c1cccc(Cl)c1)c1cc2ccccc2o1. The molecule has 3 rings (SSSR count). The maximum atomic E-state index is 12.3. The zero-order chi connectivity index (χ0) is 17.1. The molecule has 1 aromatic heterocycles. The minimum Gasteiger partial charge on any atom is -0.459 e. The van der Waals surface area contributed by atoms with Crippen molar-refractivity contribution < 1.29 is 9.21 Å². The molecule has 5 heteroatoms. The predicted octanol–water partition coefficient (Wildman–Crippen LogP) is 4.12. The molecule has 124 valence electrons. The number of carbonyl (C=O) groups is 1. The lowest BCUT2D eigenvalue weighted by Gasteiger charge is -2.22. The molecule has 1 N–H and O–H groups in total. The van der Waals surface area contributed by atoms with E-state index < -0.39 is 0 Å². The van der Waals surface area contributed by atoms with Crippen molar-refractivity contribution in [2.24, 2.45) is 0 Å². The molecule has 0 aliphatic carbocycles. The van der Waals surface area contributed by atoms with Crippen molar-refractivity contribution in [3.05, 3.63) is 70.9 Å². The van der Waals surface area contributed by atoms with Gasteiger partial charge >= 0.3 is 0 Å². The Bertz CT molecular complexity index is 824. The summed E-state index contributed by atoms with van der Waals surface area (Å²) in [6, 6.07) is 16.8. The Hall–Kier alpha value is -2.30. The number of fused-ring (bicyclic) bond motifs is 1. The van der Waals surface area contributed by atoms with Crippen LogP contribution in [0.3, 0.4) is 0 Å². The van der Waals surface area contributed by atoms with Gasteiger partial charge in [-0.1, -0.05) is 35.9 Å². The summed E-state index contributed by atoms with van der Waals surface area (Å²) < 4.78 is 5.93. The predicted molar refractivity (Wildman–Crippen MR) is 96.4 cm³/mol. The van der Waals surface area contributed by atoms with Gasteiger partial charge in [0.2, 0.25) is 0 Å². The molecule has 0 fully saturated rings. The largest absolute Gasteiger partial charge is 0.459 e. The molecule has 1 atom stereocenters. The van der Waals surface area contributed by atoms with Crippen LogP contribution in [0, 0.1) is 0 Å². The molecule has 0 aliphatic rings. The number of para-hydroxylation sites is 1. The van der Waals surface area contributed by atoms with Crippen molar-refractivity contribution in [3.8, 4) is 0 Å². The summed E-state index contributed by atoms with van der Waals surface area (Å²) in [5.41, 5.74) is 1.39. The number of hydrogen-bond acceptors (Lipinski definition) is 3. The Morgan fingerprint density at radius 3 is 2.67 bits per heavy atom. The minimum absolute atomic E-state index is 0.0551. The summed E-state index contributed by atoms with van der Waals surface area (Å²) in [6.07, 6.45) is 0. The van der Waals surface area contributed by atoms with Crippen LogP contribution in [0.25, 0.3) is 11.0 Å². The van der Waals surface area contributed by atoms with Crippen LogP contribution in [-0.4, -0.2) is 31.4 Å². The number of amides is 1. The Balaban J connectivity index is 1.76. The highest BCUT2D eigenvalue weighted by Crippen LogP contribution is 2.26. The third-order valence-electron chi connectivity index (χ3n) is 3.94. The summed E-state index contributed by atoms with van der Waals surface area (Å²) in [5.74, 6) is 0.674. The van der Waals surface area contributed by atoms with Gasteiger partial charge in [0.1, 0.15) is 11.3 Å². The number of nitrogens with one attached hydrogen (secondary N) is 1. The number of carbonyl (C=O) groups excluding carboxylic acids is 1. The van der Waals surface area contributed by atoms with Crippen molar-refractivity contribution in [3.63, 3.8) is 0 Å². The smallest absolute Gasteiger partial charge is 0.251 e. The van der Waals surface area contributed by atoms with E-state index in [0.29, 0.717) is 17.1 Å². The highest BCUT2D eigenvalue weighted by atomic mass is 35.5. The number of nitrogens with zero attached hydrogens (tertiary/aromatic N) is 1. The zero-order valence-corrected chi connectivity index (χ0v) is 14.4. The van der Waals surface area contributed by atoms with Crippen LogP contribution < -0.4 is 5.32 Å². The second kappa shape index (κ2) is 7.07. The standard InChI is InChI=1S/C19H19ClN2O2/c1-22(2)16(18-11-13-6-3-4-9-17(13)24-18)12-21-19(23)14-7-5-8-15(20)10-14/h3-11,16H,12H2,1-2H3,(H,21,23). The lowest BCUT2D eigenvalue weighted by atomic mass is 10.1. The quantitative estimate of drug-likeness (QED) is 0.758. The molecule has 0 saturated heterocycles. The molecule has 0 spiro atoms. The summed E-state index contributed by atoms with van der Waals surface area (Å²) in [6.45, 7) is 0.443. The fourth-order valence-corrected chi connectivity index (χ4v) is 2.82. The zero-order valence-electron chi connectivity index (χ0n) is 13.6. The Kier molecular flexibility index (Phi) is 4.88. The van der Waals surface area contributed by atoms with Crippen LogP contribution in [0.15, 0.2) is 59.0 Å². The first kappa shape index (κ1) is 16.6. The molecule has 4 nitrogen and oxygen atoms in total. The molecule has 0 radical (unpaired) electrons. The van der Waals surface area contributed by atoms with Gasteiger partial charge in [0, 0.05) is 22.5 Å². The molecule has 2 aromatic carbocycles. The number of rotatable bonds is 5. The Labute approximate surface area is 146 Å². The van der Waals surface area contributed by atoms with Gasteiger partial charge in [-0.3, -0.25) is 9.69 Å². The number of likely N-dealkylation sites (N-methyl/N-ethyl adjacent to an activating group) is 1. The van der Waals surface area contributed by atoms with Crippen molar-refractivity contribution in [2.75, 3.05) is 20.6 Å². The Morgan fingerprint density at radius 2 is 1.96 bits per heavy atom. The van der Waals surface area contributed by atoms with Crippen LogP contribution in [-0.2, 0) is 0 Å². The van der Waals surface area contributed by atoms with Crippen molar-refractivity contribution >= 4 is 28.5 Å². The Morgan fingerprint density at radius 1 is 1.17 bits per heavy atom. The molecular weight excluding hydrogens is 324 g/mol. The molecule has 1 heterocycles. The van der Waals surface area contributed by atoms with E-state index in [1.165, 1.54) is 0 Å². The first-order valence-corrected chi connectivity index (χ1v) is 8.11. The average Bonchev–Trinajstić information content (AvgIpc) is 2.98. The van der Waals surface area contributed by atoms with Gasteiger partial charge < -0.3 is 9.73 Å². The maximum absolute atomic E-state index is 12.3. The minimum atomic E-state index is -0.152. The van der Waals surface area contributed by atoms with E-state index >= 15 is 0 Å². The average molecular weight is 343 g/mol. The van der Waals surface area contributed by atoms with Gasteiger partial charge in [-0.2, -0.15) is 0 Å². The van der Waals surface area contributed by atoms with E-state index in [0.717, 1.165) is 16.7 Å². The third kappa shape index (κ3) is 3.61. The second-order valence-electron chi connectivity index (χ2n) is 5.89. The molecule has 0 saturated carbocycles. The molecule has 3 aromatic rings. The molecular formula is C19H19ClN2O2. The summed E-state index contributed by atoms with van der Waals surface area (Å²) in [7, 11) is 3.92. The summed E-state index contributed by atoms with van der Waals surface area (Å²) in [5, 5.41) is 4.55. The normalized spacial score (nSPS) is 12.5. The van der Waals surface area contributed by atoms with Crippen LogP contribution in [0.1, 0.15) is 22.2 Å². The highest BCUT2D eigenvalue weighted by Gasteiger charge is 2.20. The molecule has 1 amide bonds. The fourth-order valence-electron chi connectivity index (χ4n) is 2.63. The maximum Gasteiger partial charge on any atom is 0.251 e. The molecule has 0 bridgehead atoms. The van der Waals surface area contributed by atoms with Gasteiger partial charge in [-0.15, -0.1) is 0 Å². The summed E-state index contributed by atoms with van der Waals surface area (Å²) >= 11 is 5.94. The molecule has 0 aliphatic heterocycles. The van der Waals surface area contributed by atoms with Crippen LogP contribution in [0.4, 0.5) is 0 Å². The van der Waals surface area contributed by atoms with E-state index in [-0.39, 0.29) is 11.9 Å². The number of furan rings is 1. The van der Waals surface area contributed by atoms with Crippen LogP contribution >= 0.6 is 11.6 Å². The van der Waals surface area contributed by atoms with E-state index in [4.69, 9.17) is 16.0 Å². The van der Waals surface area contributed by atoms with Gasteiger partial charge in [0.25, 0.3) is 5.91 Å². The van der Waals surface area contributed by atoms with Crippen molar-refractivity contribution in [1.29, 1.82) is 0 Å². The first-order valence-electron chi connectivity index (χ1n) is 7.73. The highest BCUT2D eigenvalue weighted by molar-refractivity contribution is 6.30. The first-order chi connectivity index (χ1) is 11.5. The monoisotopic (exact) mass is 342 g/mol. The van der Waals surface area contributed by atoms with Gasteiger partial charge in [0.15, 0.2) is 0 Å². The topological polar surface area (TPSA) is 45.5 Å². The van der Waals surface area contributed by atoms with Crippen molar-refractivity contribution in [1.82, 2.24) is 10.2 Å². The number of hydrogen-bond donors (Lipinski definition) is 1. The second-order valence-corrected chi connectivity index (χ2v) is 6.32. The van der Waals surface area contributed by atoms with E-state index in [9.17, 15) is 4.79 Å². The number of halogens is 1. The molecule has 24 heavy (non-hydrogen) atoms. The van der Waals surface area contributed by atoms with Crippen LogP contribution in [0.5, 0.6) is 0 Å². The third-order valence-corrected chi connectivity index (χ3v) is 4.17. The molecule has 1 unspecified atom stereocenters. The lowest BCUT2D eigenvalue weighted by Crippen LogP contribution is -2.34. The number of benzene rings is 2. The summed E-state index contributed by atoms with van der Waals surface area (Å²) in [4.78, 5) is 14.3. The van der Waals surface area contributed by atoms with Crippen molar-refractivity contribution in [2.45, 2.75) is 6.04 Å². The van der Waals surface area contributed by atoms with Gasteiger partial charge in [-0.25, -0.2) is 0 Å². The van der Waals surface area contributed by atoms with E-state index in [2.05, 4.69) is 5.32 Å². The fraction of sp³-hybridized carbons (Fsp3) is 0.211.